The van der Waals surface area contributed by atoms with Crippen LogP contribution >= 0.6 is 0 Å². The molecule has 0 bridgehead atoms. The van der Waals surface area contributed by atoms with Gasteiger partial charge in [-0.2, -0.15) is 0 Å². The van der Waals surface area contributed by atoms with Gasteiger partial charge in [-0.05, 0) is 48.4 Å². The lowest BCUT2D eigenvalue weighted by Gasteiger charge is -2.31. The van der Waals surface area contributed by atoms with Gasteiger partial charge in [-0.3, -0.25) is 9.78 Å². The highest BCUT2D eigenvalue weighted by Gasteiger charge is 2.31. The largest absolute Gasteiger partial charge is 0.485 e. The van der Waals surface area contributed by atoms with E-state index >= 15 is 0 Å². The molecule has 2 aromatic carbocycles. The predicted molar refractivity (Wildman–Crippen MR) is 120 cm³/mol. The number of amides is 1. The fourth-order valence-corrected chi connectivity index (χ4v) is 3.37. The number of aromatic nitrogens is 1. The molecule has 1 atom stereocenters. The zero-order valence-electron chi connectivity index (χ0n) is 17.9. The van der Waals surface area contributed by atoms with Crippen LogP contribution in [0.25, 0.3) is 0 Å². The Kier molecular flexibility index (Phi) is 6.88. The van der Waals surface area contributed by atoms with E-state index < -0.39 is 6.10 Å². The number of hydrogen-bond acceptors (Lipinski definition) is 5. The Morgan fingerprint density at radius 1 is 1.06 bits per heavy atom. The summed E-state index contributed by atoms with van der Waals surface area (Å²) in [7, 11) is 0. The highest BCUT2D eigenvalue weighted by atomic mass is 16.6. The van der Waals surface area contributed by atoms with Crippen LogP contribution in [0.4, 0.5) is 0 Å². The number of carbonyl (C=O) groups excluding carboxylic acids is 1. The molecular weight excluding hydrogens is 404 g/mol. The topological polar surface area (TPSA) is 60.9 Å². The lowest BCUT2D eigenvalue weighted by Crippen LogP contribution is -2.45. The van der Waals surface area contributed by atoms with Crippen molar-refractivity contribution in [1.82, 2.24) is 9.88 Å². The average molecular weight is 428 g/mol. The van der Waals surface area contributed by atoms with Gasteiger partial charge < -0.3 is 19.1 Å². The standard InChI is InChI=1S/C26H24N2O4/c1-2-3-15-30-22-12-10-20(11-13-22)17-28(18-21-7-6-14-27-16-21)26(29)25-19-31-23-8-4-5-9-24(23)32-25/h4-14,16,25H,15,17-19H2,1H3. The maximum Gasteiger partial charge on any atom is 0.267 e. The Morgan fingerprint density at radius 2 is 1.84 bits per heavy atom. The van der Waals surface area contributed by atoms with Crippen LogP contribution in [0, 0.1) is 11.8 Å². The first kappa shape index (κ1) is 21.3. The molecule has 0 spiro atoms. The van der Waals surface area contributed by atoms with Crippen LogP contribution in [0.15, 0.2) is 73.1 Å². The van der Waals surface area contributed by atoms with E-state index in [2.05, 4.69) is 16.8 Å². The molecule has 6 heteroatoms. The van der Waals surface area contributed by atoms with E-state index in [4.69, 9.17) is 14.2 Å². The summed E-state index contributed by atoms with van der Waals surface area (Å²) >= 11 is 0. The van der Waals surface area contributed by atoms with Gasteiger partial charge in [-0.15, -0.1) is 5.92 Å². The number of carbonyl (C=O) groups is 1. The van der Waals surface area contributed by atoms with Crippen molar-refractivity contribution >= 4 is 5.91 Å². The molecule has 0 N–H and O–H groups in total. The molecule has 3 aromatic rings. The molecule has 1 aliphatic rings. The van der Waals surface area contributed by atoms with Crippen LogP contribution in [-0.4, -0.2) is 35.1 Å². The van der Waals surface area contributed by atoms with Crippen LogP contribution in [0.1, 0.15) is 18.1 Å². The summed E-state index contributed by atoms with van der Waals surface area (Å²) in [6.45, 7) is 3.13. The molecule has 1 unspecified atom stereocenters. The monoisotopic (exact) mass is 428 g/mol. The Hall–Kier alpha value is -3.98. The number of fused-ring (bicyclic) bond motifs is 1. The maximum atomic E-state index is 13.4. The van der Waals surface area contributed by atoms with Gasteiger partial charge in [0.25, 0.3) is 5.91 Å². The van der Waals surface area contributed by atoms with Gasteiger partial charge in [0.2, 0.25) is 6.10 Å². The van der Waals surface area contributed by atoms with Gasteiger partial charge >= 0.3 is 0 Å². The van der Waals surface area contributed by atoms with Gasteiger partial charge in [0.1, 0.15) is 19.0 Å². The summed E-state index contributed by atoms with van der Waals surface area (Å²) in [5.74, 6) is 7.51. The van der Waals surface area contributed by atoms with Gasteiger partial charge in [-0.1, -0.05) is 36.3 Å². The summed E-state index contributed by atoms with van der Waals surface area (Å²) in [4.78, 5) is 19.4. The second-order valence-electron chi connectivity index (χ2n) is 7.28. The molecule has 4 rings (SSSR count). The fourth-order valence-electron chi connectivity index (χ4n) is 3.37. The third-order valence-corrected chi connectivity index (χ3v) is 4.98. The van der Waals surface area contributed by atoms with Crippen molar-refractivity contribution in [2.45, 2.75) is 26.1 Å². The number of benzene rings is 2. The normalized spacial score (nSPS) is 14.1. The summed E-state index contributed by atoms with van der Waals surface area (Å²) < 4.78 is 17.3. The molecule has 0 saturated heterocycles. The molecule has 32 heavy (non-hydrogen) atoms. The van der Waals surface area contributed by atoms with Crippen LogP contribution in [0.5, 0.6) is 17.2 Å². The Labute approximate surface area is 187 Å². The Balaban J connectivity index is 1.49. The van der Waals surface area contributed by atoms with Crippen LogP contribution in [0.2, 0.25) is 0 Å². The third kappa shape index (κ3) is 5.38. The van der Waals surface area contributed by atoms with Crippen molar-refractivity contribution < 1.29 is 19.0 Å². The van der Waals surface area contributed by atoms with Crippen molar-refractivity contribution in [3.8, 4) is 29.1 Å². The van der Waals surface area contributed by atoms with Gasteiger partial charge in [-0.25, -0.2) is 0 Å². The van der Waals surface area contributed by atoms with E-state index in [-0.39, 0.29) is 12.5 Å². The number of nitrogens with zero attached hydrogens (tertiary/aromatic N) is 2. The minimum atomic E-state index is -0.711. The van der Waals surface area contributed by atoms with Crippen molar-refractivity contribution in [3.63, 3.8) is 0 Å². The SMILES string of the molecule is CC#CCOc1ccc(CN(Cc2cccnc2)C(=O)C2COc3ccccc3O2)cc1. The molecule has 0 fully saturated rings. The van der Waals surface area contributed by atoms with E-state index in [1.165, 1.54) is 0 Å². The highest BCUT2D eigenvalue weighted by molar-refractivity contribution is 5.82. The number of ether oxygens (including phenoxy) is 3. The predicted octanol–water partition coefficient (Wildman–Crippen LogP) is 3.85. The minimum absolute atomic E-state index is 0.137. The van der Waals surface area contributed by atoms with E-state index in [0.29, 0.717) is 31.2 Å². The first-order valence-corrected chi connectivity index (χ1v) is 10.4. The van der Waals surface area contributed by atoms with E-state index in [1.54, 1.807) is 24.2 Å². The molecule has 1 aromatic heterocycles. The average Bonchev–Trinajstić information content (AvgIpc) is 2.85. The van der Waals surface area contributed by atoms with Gasteiger partial charge in [0.05, 0.1) is 0 Å². The van der Waals surface area contributed by atoms with Gasteiger partial charge in [0.15, 0.2) is 11.5 Å². The summed E-state index contributed by atoms with van der Waals surface area (Å²) in [5.41, 5.74) is 1.92. The van der Waals surface area contributed by atoms with Crippen molar-refractivity contribution in [2.75, 3.05) is 13.2 Å². The van der Waals surface area contributed by atoms with E-state index in [9.17, 15) is 4.79 Å². The summed E-state index contributed by atoms with van der Waals surface area (Å²) in [6.07, 6.45) is 2.77. The fraction of sp³-hybridized carbons (Fsp3) is 0.231. The molecule has 6 nitrogen and oxygen atoms in total. The minimum Gasteiger partial charge on any atom is -0.485 e. The van der Waals surface area contributed by atoms with E-state index in [0.717, 1.165) is 16.9 Å². The third-order valence-electron chi connectivity index (χ3n) is 4.98. The molecule has 0 aliphatic carbocycles. The molecule has 0 radical (unpaired) electrons. The second-order valence-corrected chi connectivity index (χ2v) is 7.28. The second kappa shape index (κ2) is 10.4. The van der Waals surface area contributed by atoms with Crippen LogP contribution in [0.3, 0.4) is 0 Å². The smallest absolute Gasteiger partial charge is 0.267 e. The molecular formula is C26H24N2O4. The van der Waals surface area contributed by atoms with Gasteiger partial charge in [0, 0.05) is 25.5 Å². The number of hydrogen-bond donors (Lipinski definition) is 0. The van der Waals surface area contributed by atoms with Crippen molar-refractivity contribution in [1.29, 1.82) is 0 Å². The number of rotatable bonds is 7. The number of para-hydroxylation sites is 2. The summed E-state index contributed by atoms with van der Waals surface area (Å²) in [5, 5.41) is 0. The Bertz CT molecular complexity index is 1100. The van der Waals surface area contributed by atoms with Crippen LogP contribution in [-0.2, 0) is 17.9 Å². The number of pyridine rings is 1. The maximum absolute atomic E-state index is 13.4. The highest BCUT2D eigenvalue weighted by Crippen LogP contribution is 2.31. The van der Waals surface area contributed by atoms with Crippen LogP contribution < -0.4 is 14.2 Å². The molecule has 1 aliphatic heterocycles. The quantitative estimate of drug-likeness (QED) is 0.535. The first-order chi connectivity index (χ1) is 15.7. The molecule has 2 heterocycles. The van der Waals surface area contributed by atoms with Crippen molar-refractivity contribution in [2.24, 2.45) is 0 Å². The summed E-state index contributed by atoms with van der Waals surface area (Å²) in [6, 6.07) is 18.9. The zero-order chi connectivity index (χ0) is 22.2. The zero-order valence-corrected chi connectivity index (χ0v) is 17.9. The Morgan fingerprint density at radius 3 is 2.59 bits per heavy atom. The lowest BCUT2D eigenvalue weighted by molar-refractivity contribution is -0.142. The first-order valence-electron chi connectivity index (χ1n) is 10.4. The van der Waals surface area contributed by atoms with E-state index in [1.807, 2.05) is 60.7 Å². The molecule has 162 valence electrons. The lowest BCUT2D eigenvalue weighted by atomic mass is 10.1. The van der Waals surface area contributed by atoms with Crippen molar-refractivity contribution in [3.05, 3.63) is 84.2 Å². The molecule has 0 saturated carbocycles. The molecule has 1 amide bonds.